The molecule has 0 unspecified atom stereocenters. The van der Waals surface area contributed by atoms with Crippen LogP contribution in [0.1, 0.15) is 23.9 Å². The van der Waals surface area contributed by atoms with Crippen molar-refractivity contribution >= 4 is 23.1 Å². The van der Waals surface area contributed by atoms with Gasteiger partial charge in [-0.25, -0.2) is 9.78 Å². The van der Waals surface area contributed by atoms with Crippen molar-refractivity contribution in [1.29, 1.82) is 0 Å². The highest BCUT2D eigenvalue weighted by Gasteiger charge is 2.10. The molecule has 1 aromatic heterocycles. The summed E-state index contributed by atoms with van der Waals surface area (Å²) in [4.78, 5) is 15.1. The molecular formula is C14H16N2O2. The van der Waals surface area contributed by atoms with Crippen molar-refractivity contribution in [2.75, 3.05) is 0 Å². The molecule has 0 spiro atoms. The molecule has 2 rings (SSSR count). The third-order valence-corrected chi connectivity index (χ3v) is 2.90. The van der Waals surface area contributed by atoms with Crippen molar-refractivity contribution in [2.45, 2.75) is 27.3 Å². The van der Waals surface area contributed by atoms with E-state index in [2.05, 4.69) is 11.1 Å². The number of aryl methyl sites for hydroxylation is 3. The minimum absolute atomic E-state index is 0.684. The van der Waals surface area contributed by atoms with Crippen LogP contribution in [0.15, 0.2) is 18.2 Å². The molecule has 2 aromatic rings. The van der Waals surface area contributed by atoms with Gasteiger partial charge in [-0.3, -0.25) is 0 Å². The predicted octanol–water partition coefficient (Wildman–Crippen LogP) is 2.77. The molecule has 0 aliphatic rings. The topological polar surface area (TPSA) is 55.1 Å². The third kappa shape index (κ3) is 2.14. The molecule has 0 saturated heterocycles. The van der Waals surface area contributed by atoms with Gasteiger partial charge in [0.2, 0.25) is 0 Å². The summed E-state index contributed by atoms with van der Waals surface area (Å²) in [5, 5.41) is 8.69. The maximum Gasteiger partial charge on any atom is 0.328 e. The Morgan fingerprint density at radius 1 is 1.44 bits per heavy atom. The molecule has 0 aliphatic carbocycles. The summed E-state index contributed by atoms with van der Waals surface area (Å²) in [6.45, 7) is 6.87. The highest BCUT2D eigenvalue weighted by molar-refractivity contribution is 5.87. The van der Waals surface area contributed by atoms with Crippen LogP contribution in [0.3, 0.4) is 0 Å². The van der Waals surface area contributed by atoms with Crippen LogP contribution < -0.4 is 0 Å². The minimum atomic E-state index is -0.961. The molecule has 0 atom stereocenters. The zero-order valence-electron chi connectivity index (χ0n) is 10.8. The number of benzene rings is 1. The fourth-order valence-corrected chi connectivity index (χ4v) is 2.27. The number of rotatable bonds is 3. The van der Waals surface area contributed by atoms with E-state index in [0.29, 0.717) is 5.82 Å². The number of nitrogens with zero attached hydrogens (tertiary/aromatic N) is 2. The number of aliphatic carboxylic acids is 1. The average Bonchev–Trinajstić information content (AvgIpc) is 2.63. The molecule has 0 radical (unpaired) electrons. The van der Waals surface area contributed by atoms with E-state index in [1.165, 1.54) is 0 Å². The van der Waals surface area contributed by atoms with Gasteiger partial charge in [0, 0.05) is 12.6 Å². The van der Waals surface area contributed by atoms with Crippen LogP contribution in [0.5, 0.6) is 0 Å². The lowest BCUT2D eigenvalue weighted by atomic mass is 10.1. The first kappa shape index (κ1) is 12.4. The van der Waals surface area contributed by atoms with Gasteiger partial charge in [-0.05, 0) is 44.0 Å². The normalized spacial score (nSPS) is 11.5. The first-order valence-corrected chi connectivity index (χ1v) is 5.91. The molecule has 0 fully saturated rings. The standard InChI is InChI=1S/C14H16N2O2/c1-4-16-12(5-6-13(17)18)15-11-8-9(2)7-10(3)14(11)16/h5-8H,4H2,1-3H3,(H,17,18)/b6-5+. The summed E-state index contributed by atoms with van der Waals surface area (Å²) < 4.78 is 2.03. The molecule has 0 aliphatic heterocycles. The van der Waals surface area contributed by atoms with E-state index in [4.69, 9.17) is 5.11 Å². The van der Waals surface area contributed by atoms with Gasteiger partial charge in [0.05, 0.1) is 11.0 Å². The summed E-state index contributed by atoms with van der Waals surface area (Å²) in [6, 6.07) is 4.13. The number of carbonyl (C=O) groups is 1. The summed E-state index contributed by atoms with van der Waals surface area (Å²) in [5.74, 6) is -0.277. The number of carboxylic acid groups (broad SMARTS) is 1. The third-order valence-electron chi connectivity index (χ3n) is 2.90. The van der Waals surface area contributed by atoms with Crippen LogP contribution in [0.25, 0.3) is 17.1 Å². The molecule has 1 N–H and O–H groups in total. The first-order chi connectivity index (χ1) is 8.52. The van der Waals surface area contributed by atoms with Crippen LogP contribution in [0, 0.1) is 13.8 Å². The van der Waals surface area contributed by atoms with Crippen LogP contribution >= 0.6 is 0 Å². The molecule has 0 saturated carbocycles. The molecular weight excluding hydrogens is 228 g/mol. The zero-order chi connectivity index (χ0) is 13.3. The number of carboxylic acids is 1. The number of aromatic nitrogens is 2. The molecule has 1 aromatic carbocycles. The van der Waals surface area contributed by atoms with Crippen molar-refractivity contribution in [2.24, 2.45) is 0 Å². The van der Waals surface area contributed by atoms with Gasteiger partial charge in [-0.15, -0.1) is 0 Å². The SMILES string of the molecule is CCn1c(/C=C/C(=O)O)nc2cc(C)cc(C)c21. The van der Waals surface area contributed by atoms with Gasteiger partial charge < -0.3 is 9.67 Å². The molecule has 0 bridgehead atoms. The lowest BCUT2D eigenvalue weighted by Gasteiger charge is -2.05. The molecule has 1 heterocycles. The lowest BCUT2D eigenvalue weighted by Crippen LogP contribution is -1.99. The Hall–Kier alpha value is -2.10. The fourth-order valence-electron chi connectivity index (χ4n) is 2.27. The number of hydrogen-bond acceptors (Lipinski definition) is 2. The van der Waals surface area contributed by atoms with E-state index in [0.717, 1.165) is 34.8 Å². The summed E-state index contributed by atoms with van der Waals surface area (Å²) in [7, 11) is 0. The number of fused-ring (bicyclic) bond motifs is 1. The highest BCUT2D eigenvalue weighted by atomic mass is 16.4. The Morgan fingerprint density at radius 3 is 2.78 bits per heavy atom. The van der Waals surface area contributed by atoms with Gasteiger partial charge >= 0.3 is 5.97 Å². The Balaban J connectivity index is 2.68. The summed E-state index contributed by atoms with van der Waals surface area (Å²) in [5.41, 5.74) is 4.32. The Labute approximate surface area is 106 Å². The molecule has 0 amide bonds. The van der Waals surface area contributed by atoms with Gasteiger partial charge in [0.1, 0.15) is 5.82 Å². The zero-order valence-corrected chi connectivity index (χ0v) is 10.8. The van der Waals surface area contributed by atoms with Gasteiger partial charge in [0.15, 0.2) is 0 Å². The molecule has 4 nitrogen and oxygen atoms in total. The van der Waals surface area contributed by atoms with E-state index in [1.807, 2.05) is 31.4 Å². The summed E-state index contributed by atoms with van der Waals surface area (Å²) >= 11 is 0. The molecule has 94 valence electrons. The quantitative estimate of drug-likeness (QED) is 0.845. The minimum Gasteiger partial charge on any atom is -0.478 e. The highest BCUT2D eigenvalue weighted by Crippen LogP contribution is 2.22. The van der Waals surface area contributed by atoms with E-state index >= 15 is 0 Å². The molecule has 4 heteroatoms. The van der Waals surface area contributed by atoms with Gasteiger partial charge in [-0.2, -0.15) is 0 Å². The van der Waals surface area contributed by atoms with E-state index in [-0.39, 0.29) is 0 Å². The Morgan fingerprint density at radius 2 is 2.17 bits per heavy atom. The van der Waals surface area contributed by atoms with Crippen molar-refractivity contribution in [1.82, 2.24) is 9.55 Å². The lowest BCUT2D eigenvalue weighted by molar-refractivity contribution is -0.131. The predicted molar refractivity (Wildman–Crippen MR) is 71.6 cm³/mol. The smallest absolute Gasteiger partial charge is 0.328 e. The maximum atomic E-state index is 10.6. The second kappa shape index (κ2) is 4.64. The van der Waals surface area contributed by atoms with E-state index in [9.17, 15) is 4.79 Å². The first-order valence-electron chi connectivity index (χ1n) is 5.91. The van der Waals surface area contributed by atoms with Crippen molar-refractivity contribution in [3.8, 4) is 0 Å². The van der Waals surface area contributed by atoms with Gasteiger partial charge in [0.25, 0.3) is 0 Å². The largest absolute Gasteiger partial charge is 0.478 e. The Bertz CT molecular complexity index is 639. The second-order valence-corrected chi connectivity index (χ2v) is 4.34. The van der Waals surface area contributed by atoms with Crippen molar-refractivity contribution in [3.63, 3.8) is 0 Å². The average molecular weight is 244 g/mol. The van der Waals surface area contributed by atoms with E-state index in [1.54, 1.807) is 6.08 Å². The number of hydrogen-bond donors (Lipinski definition) is 1. The van der Waals surface area contributed by atoms with Crippen molar-refractivity contribution in [3.05, 3.63) is 35.2 Å². The summed E-state index contributed by atoms with van der Waals surface area (Å²) in [6.07, 6.45) is 2.66. The van der Waals surface area contributed by atoms with Crippen molar-refractivity contribution < 1.29 is 9.90 Å². The monoisotopic (exact) mass is 244 g/mol. The Kier molecular flexibility index (Phi) is 3.19. The van der Waals surface area contributed by atoms with E-state index < -0.39 is 5.97 Å². The van der Waals surface area contributed by atoms with Gasteiger partial charge in [-0.1, -0.05) is 6.07 Å². The maximum absolute atomic E-state index is 10.6. The second-order valence-electron chi connectivity index (χ2n) is 4.34. The number of imidazole rings is 1. The fraction of sp³-hybridized carbons (Fsp3) is 0.286. The molecule has 18 heavy (non-hydrogen) atoms. The van der Waals surface area contributed by atoms with Crippen LogP contribution in [0.2, 0.25) is 0 Å². The van der Waals surface area contributed by atoms with Crippen LogP contribution in [0.4, 0.5) is 0 Å². The van der Waals surface area contributed by atoms with Crippen LogP contribution in [-0.4, -0.2) is 20.6 Å². The van der Waals surface area contributed by atoms with Crippen LogP contribution in [-0.2, 0) is 11.3 Å².